The van der Waals surface area contributed by atoms with E-state index in [0.29, 0.717) is 25.1 Å². The highest BCUT2D eigenvalue weighted by molar-refractivity contribution is 5.25. The van der Waals surface area contributed by atoms with Gasteiger partial charge in [-0.05, 0) is 24.1 Å². The van der Waals surface area contributed by atoms with E-state index in [0.717, 1.165) is 6.54 Å². The summed E-state index contributed by atoms with van der Waals surface area (Å²) in [4.78, 5) is 2.36. The van der Waals surface area contributed by atoms with Crippen molar-refractivity contribution in [3.8, 4) is 0 Å². The molecule has 3 nitrogen and oxygen atoms in total. The smallest absolute Gasteiger partial charge is 0.0713 e. The standard InChI is InChI=1S/C16H28N2O/c1-5-13(2)11-18(3)16(10-17)15-8-6-14(7-9-15)12-19-4/h6-9,13,16H,5,10-12,17H2,1-4H3. The summed E-state index contributed by atoms with van der Waals surface area (Å²) in [6.07, 6.45) is 1.20. The molecule has 0 radical (unpaired) electrons. The van der Waals surface area contributed by atoms with Crippen LogP contribution in [0.4, 0.5) is 0 Å². The molecule has 2 N–H and O–H groups in total. The van der Waals surface area contributed by atoms with Crippen molar-refractivity contribution in [2.45, 2.75) is 32.9 Å². The highest BCUT2D eigenvalue weighted by Crippen LogP contribution is 2.20. The summed E-state index contributed by atoms with van der Waals surface area (Å²) in [5.41, 5.74) is 8.44. The van der Waals surface area contributed by atoms with E-state index in [2.05, 4.69) is 50.1 Å². The predicted octanol–water partition coefficient (Wildman–Crippen LogP) is 2.81. The van der Waals surface area contributed by atoms with Crippen LogP contribution in [-0.4, -0.2) is 32.1 Å². The molecule has 0 aliphatic carbocycles. The Morgan fingerprint density at radius 1 is 1.26 bits per heavy atom. The number of likely N-dealkylation sites (N-methyl/N-ethyl adjacent to an activating group) is 1. The van der Waals surface area contributed by atoms with Gasteiger partial charge in [0.25, 0.3) is 0 Å². The number of benzene rings is 1. The number of methoxy groups -OCH3 is 1. The minimum Gasteiger partial charge on any atom is -0.380 e. The van der Waals surface area contributed by atoms with Crippen LogP contribution in [0.5, 0.6) is 0 Å². The molecule has 19 heavy (non-hydrogen) atoms. The van der Waals surface area contributed by atoms with Crippen LogP contribution in [-0.2, 0) is 11.3 Å². The Labute approximate surface area is 117 Å². The van der Waals surface area contributed by atoms with Gasteiger partial charge in [0.1, 0.15) is 0 Å². The molecule has 0 aliphatic heterocycles. The second-order valence-corrected chi connectivity index (χ2v) is 5.38. The van der Waals surface area contributed by atoms with Gasteiger partial charge < -0.3 is 10.5 Å². The predicted molar refractivity (Wildman–Crippen MR) is 81.0 cm³/mol. The van der Waals surface area contributed by atoms with E-state index in [1.165, 1.54) is 17.5 Å². The molecule has 0 aromatic heterocycles. The summed E-state index contributed by atoms with van der Waals surface area (Å²) in [7, 11) is 3.88. The first kappa shape index (κ1) is 16.2. The van der Waals surface area contributed by atoms with Gasteiger partial charge in [-0.25, -0.2) is 0 Å². The highest BCUT2D eigenvalue weighted by atomic mass is 16.5. The van der Waals surface area contributed by atoms with Crippen LogP contribution >= 0.6 is 0 Å². The summed E-state index contributed by atoms with van der Waals surface area (Å²) in [6.45, 7) is 6.91. The Morgan fingerprint density at radius 2 is 1.89 bits per heavy atom. The number of ether oxygens (including phenoxy) is 1. The monoisotopic (exact) mass is 264 g/mol. The molecule has 108 valence electrons. The van der Waals surface area contributed by atoms with Crippen LogP contribution < -0.4 is 5.73 Å². The van der Waals surface area contributed by atoms with Gasteiger partial charge in [0, 0.05) is 26.2 Å². The Balaban J connectivity index is 2.72. The van der Waals surface area contributed by atoms with Crippen molar-refractivity contribution in [3.05, 3.63) is 35.4 Å². The molecule has 0 spiro atoms. The van der Waals surface area contributed by atoms with Gasteiger partial charge in [-0.15, -0.1) is 0 Å². The lowest BCUT2D eigenvalue weighted by molar-refractivity contribution is 0.184. The zero-order valence-corrected chi connectivity index (χ0v) is 12.7. The van der Waals surface area contributed by atoms with Crippen LogP contribution in [0.25, 0.3) is 0 Å². The lowest BCUT2D eigenvalue weighted by Crippen LogP contribution is -2.33. The average Bonchev–Trinajstić information content (AvgIpc) is 2.41. The summed E-state index contributed by atoms with van der Waals surface area (Å²) >= 11 is 0. The summed E-state index contributed by atoms with van der Waals surface area (Å²) in [5, 5.41) is 0. The molecule has 0 heterocycles. The zero-order valence-electron chi connectivity index (χ0n) is 12.7. The van der Waals surface area contributed by atoms with E-state index in [1.54, 1.807) is 7.11 Å². The van der Waals surface area contributed by atoms with Crippen LogP contribution in [0.3, 0.4) is 0 Å². The third-order valence-corrected chi connectivity index (χ3v) is 3.73. The van der Waals surface area contributed by atoms with E-state index in [4.69, 9.17) is 10.5 Å². The number of nitrogens with zero attached hydrogens (tertiary/aromatic N) is 1. The molecule has 0 fully saturated rings. The first-order valence-electron chi connectivity index (χ1n) is 7.10. The maximum Gasteiger partial charge on any atom is 0.0713 e. The third kappa shape index (κ3) is 4.94. The van der Waals surface area contributed by atoms with Crippen molar-refractivity contribution in [2.75, 3.05) is 27.2 Å². The molecular formula is C16H28N2O. The topological polar surface area (TPSA) is 38.5 Å². The molecule has 0 saturated carbocycles. The minimum absolute atomic E-state index is 0.297. The molecule has 0 bridgehead atoms. The van der Waals surface area contributed by atoms with Crippen molar-refractivity contribution in [2.24, 2.45) is 11.7 Å². The van der Waals surface area contributed by atoms with Crippen molar-refractivity contribution >= 4 is 0 Å². The lowest BCUT2D eigenvalue weighted by atomic mass is 10.0. The van der Waals surface area contributed by atoms with E-state index in [-0.39, 0.29) is 0 Å². The van der Waals surface area contributed by atoms with Crippen molar-refractivity contribution < 1.29 is 4.74 Å². The molecule has 2 atom stereocenters. The van der Waals surface area contributed by atoms with Crippen molar-refractivity contribution in [3.63, 3.8) is 0 Å². The highest BCUT2D eigenvalue weighted by Gasteiger charge is 2.16. The molecular weight excluding hydrogens is 236 g/mol. The van der Waals surface area contributed by atoms with E-state index < -0.39 is 0 Å². The first-order chi connectivity index (χ1) is 9.12. The van der Waals surface area contributed by atoms with Crippen LogP contribution in [0, 0.1) is 5.92 Å². The SMILES string of the molecule is CCC(C)CN(C)C(CN)c1ccc(COC)cc1. The lowest BCUT2D eigenvalue weighted by Gasteiger charge is -2.29. The summed E-state index contributed by atoms with van der Waals surface area (Å²) in [5.74, 6) is 0.701. The van der Waals surface area contributed by atoms with Gasteiger partial charge in [-0.3, -0.25) is 4.90 Å². The fraction of sp³-hybridized carbons (Fsp3) is 0.625. The van der Waals surface area contributed by atoms with Gasteiger partial charge in [-0.1, -0.05) is 44.5 Å². The maximum atomic E-state index is 5.95. The summed E-state index contributed by atoms with van der Waals surface area (Å²) < 4.78 is 5.13. The number of hydrogen-bond donors (Lipinski definition) is 1. The molecule has 1 rings (SSSR count). The second-order valence-electron chi connectivity index (χ2n) is 5.38. The van der Waals surface area contributed by atoms with Crippen molar-refractivity contribution in [1.82, 2.24) is 4.90 Å². The van der Waals surface area contributed by atoms with Crippen molar-refractivity contribution in [1.29, 1.82) is 0 Å². The van der Waals surface area contributed by atoms with Crippen LogP contribution in [0.2, 0.25) is 0 Å². The van der Waals surface area contributed by atoms with Crippen LogP contribution in [0.1, 0.15) is 37.4 Å². The Hall–Kier alpha value is -0.900. The van der Waals surface area contributed by atoms with Crippen LogP contribution in [0.15, 0.2) is 24.3 Å². The van der Waals surface area contributed by atoms with E-state index in [1.807, 2.05) is 0 Å². The van der Waals surface area contributed by atoms with Gasteiger partial charge in [-0.2, -0.15) is 0 Å². The third-order valence-electron chi connectivity index (χ3n) is 3.73. The Kier molecular flexibility index (Phi) is 7.06. The maximum absolute atomic E-state index is 5.95. The van der Waals surface area contributed by atoms with Gasteiger partial charge in [0.2, 0.25) is 0 Å². The van der Waals surface area contributed by atoms with Gasteiger partial charge in [0.05, 0.1) is 6.61 Å². The second kappa shape index (κ2) is 8.31. The Morgan fingerprint density at radius 3 is 2.37 bits per heavy atom. The Bertz CT molecular complexity index is 350. The number of rotatable bonds is 8. The summed E-state index contributed by atoms with van der Waals surface area (Å²) in [6, 6.07) is 8.88. The largest absolute Gasteiger partial charge is 0.380 e. The quantitative estimate of drug-likeness (QED) is 0.784. The normalized spacial score (nSPS) is 14.6. The molecule has 0 aliphatic rings. The fourth-order valence-electron chi connectivity index (χ4n) is 2.32. The fourth-order valence-corrected chi connectivity index (χ4v) is 2.32. The molecule has 0 amide bonds. The average molecular weight is 264 g/mol. The van der Waals surface area contributed by atoms with E-state index in [9.17, 15) is 0 Å². The number of nitrogens with two attached hydrogens (primary N) is 1. The zero-order chi connectivity index (χ0) is 14.3. The molecule has 0 saturated heterocycles. The molecule has 1 aromatic rings. The minimum atomic E-state index is 0.297. The molecule has 2 unspecified atom stereocenters. The molecule has 3 heteroatoms. The first-order valence-corrected chi connectivity index (χ1v) is 7.10. The number of hydrogen-bond acceptors (Lipinski definition) is 3. The van der Waals surface area contributed by atoms with E-state index >= 15 is 0 Å². The molecule has 1 aromatic carbocycles. The van der Waals surface area contributed by atoms with Gasteiger partial charge >= 0.3 is 0 Å². The van der Waals surface area contributed by atoms with Gasteiger partial charge in [0.15, 0.2) is 0 Å².